The number of nitriles is 1. The van der Waals surface area contributed by atoms with Crippen LogP contribution >= 0.6 is 0 Å². The van der Waals surface area contributed by atoms with Crippen LogP contribution in [0.25, 0.3) is 4.85 Å². The van der Waals surface area contributed by atoms with Crippen LogP contribution in [0.1, 0.15) is 13.8 Å². The van der Waals surface area contributed by atoms with Gasteiger partial charge in [0.05, 0.1) is 6.07 Å². The zero-order chi connectivity index (χ0) is 10.9. The van der Waals surface area contributed by atoms with Gasteiger partial charge in [-0.25, -0.2) is 6.57 Å². The molecule has 2 atom stereocenters. The first-order valence-electron chi connectivity index (χ1n) is 4.44. The maximum atomic E-state index is 9.00. The molecule has 2 unspecified atom stereocenters. The summed E-state index contributed by atoms with van der Waals surface area (Å²) in [6, 6.07) is 1.80. The number of hydrogen-bond acceptors (Lipinski definition) is 3. The predicted molar refractivity (Wildman–Crippen MR) is 53.7 cm³/mol. The average Bonchev–Trinajstić information content (AvgIpc) is 2.20. The van der Waals surface area contributed by atoms with Crippen LogP contribution in [-0.4, -0.2) is 36.1 Å². The van der Waals surface area contributed by atoms with E-state index in [1.807, 2.05) is 37.7 Å². The smallest absolute Gasteiger partial charge is 0.331 e. The Morgan fingerprint density at radius 3 is 2.21 bits per heavy atom. The van der Waals surface area contributed by atoms with Gasteiger partial charge in [0.1, 0.15) is 0 Å². The van der Waals surface area contributed by atoms with Gasteiger partial charge in [0, 0.05) is 25.5 Å². The molecule has 0 saturated carbocycles. The predicted octanol–water partition coefficient (Wildman–Crippen LogP) is 1.25. The highest BCUT2D eigenvalue weighted by molar-refractivity contribution is 5.21. The Morgan fingerprint density at radius 2 is 1.79 bits per heavy atom. The van der Waals surface area contributed by atoms with Crippen LogP contribution in [0.15, 0.2) is 11.4 Å². The zero-order valence-corrected chi connectivity index (χ0v) is 8.94. The number of rotatable bonds is 0. The first-order chi connectivity index (χ1) is 6.54. The van der Waals surface area contributed by atoms with Crippen LogP contribution in [-0.2, 0) is 0 Å². The fraction of sp³-hybridized carbons (Fsp3) is 0.600. The third-order valence-electron chi connectivity index (χ3n) is 2.94. The van der Waals surface area contributed by atoms with Gasteiger partial charge in [-0.3, -0.25) is 4.85 Å². The number of allylic oxidation sites excluding steroid dienone is 2. The lowest BCUT2D eigenvalue weighted by molar-refractivity contribution is 0.187. The number of hydrogen-bond donors (Lipinski definition) is 0. The summed E-state index contributed by atoms with van der Waals surface area (Å²) in [5, 5.41) is 9.00. The summed E-state index contributed by atoms with van der Waals surface area (Å²) in [4.78, 5) is 7.24. The van der Waals surface area contributed by atoms with Gasteiger partial charge in [0.2, 0.25) is 6.04 Å². The molecule has 0 radical (unpaired) electrons. The van der Waals surface area contributed by atoms with E-state index in [4.69, 9.17) is 11.8 Å². The van der Waals surface area contributed by atoms with E-state index >= 15 is 0 Å². The van der Waals surface area contributed by atoms with Gasteiger partial charge < -0.3 is 9.80 Å². The summed E-state index contributed by atoms with van der Waals surface area (Å²) in [7, 11) is 3.72. The highest BCUT2D eigenvalue weighted by Crippen LogP contribution is 2.26. The molecule has 1 heterocycles. The van der Waals surface area contributed by atoms with Gasteiger partial charge in [-0.1, -0.05) is 0 Å². The monoisotopic (exact) mass is 190 g/mol. The Hall–Kier alpha value is -1.68. The summed E-state index contributed by atoms with van der Waals surface area (Å²) in [5.74, 6) is 0. The highest BCUT2D eigenvalue weighted by atomic mass is 15.3. The minimum absolute atomic E-state index is 0.374. The average molecular weight is 190 g/mol. The molecule has 0 aliphatic carbocycles. The van der Waals surface area contributed by atoms with Crippen LogP contribution in [0.2, 0.25) is 0 Å². The molecule has 4 heteroatoms. The Bertz CT molecular complexity index is 310. The van der Waals surface area contributed by atoms with E-state index in [2.05, 4.69) is 10.9 Å². The minimum Gasteiger partial charge on any atom is -0.353 e. The molecule has 1 rings (SSSR count). The lowest BCUT2D eigenvalue weighted by atomic mass is 10.1. The summed E-state index contributed by atoms with van der Waals surface area (Å²) in [5.41, 5.74) is 2.11. The van der Waals surface area contributed by atoms with Crippen molar-refractivity contribution in [3.05, 3.63) is 22.8 Å². The molecule has 0 spiro atoms. The molecule has 4 nitrogen and oxygen atoms in total. The van der Waals surface area contributed by atoms with Gasteiger partial charge in [-0.05, 0) is 13.8 Å². The molecule has 0 amide bonds. The van der Waals surface area contributed by atoms with Gasteiger partial charge in [0.25, 0.3) is 0 Å². The number of nitrogens with zero attached hydrogens (tertiary/aromatic N) is 4. The third kappa shape index (κ3) is 1.29. The summed E-state index contributed by atoms with van der Waals surface area (Å²) < 4.78 is 0. The zero-order valence-electron chi connectivity index (χ0n) is 8.94. The first kappa shape index (κ1) is 10.4. The fourth-order valence-electron chi connectivity index (χ4n) is 1.64. The molecule has 0 saturated heterocycles. The molecule has 1 aliphatic rings. The maximum absolute atomic E-state index is 9.00. The molecule has 14 heavy (non-hydrogen) atoms. The van der Waals surface area contributed by atoms with E-state index in [-0.39, 0.29) is 6.04 Å². The fourth-order valence-corrected chi connectivity index (χ4v) is 1.64. The molecule has 74 valence electrons. The van der Waals surface area contributed by atoms with Crippen molar-refractivity contribution in [3.8, 4) is 6.07 Å². The maximum Gasteiger partial charge on any atom is 0.331 e. The molecule has 0 bridgehead atoms. The van der Waals surface area contributed by atoms with Crippen LogP contribution in [0, 0.1) is 17.9 Å². The first-order valence-corrected chi connectivity index (χ1v) is 4.44. The summed E-state index contributed by atoms with van der Waals surface area (Å²) in [6.45, 7) is 11.0. The minimum atomic E-state index is -0.395. The topological polar surface area (TPSA) is 34.6 Å². The normalized spacial score (nSPS) is 27.3. The van der Waals surface area contributed by atoms with E-state index in [1.165, 1.54) is 0 Å². The van der Waals surface area contributed by atoms with Gasteiger partial charge >= 0.3 is 6.17 Å². The molecule has 0 aromatic carbocycles. The summed E-state index contributed by atoms with van der Waals surface area (Å²) in [6.07, 6.45) is -0.395. The molecule has 1 aliphatic heterocycles. The molecular formula is C10H14N4. The largest absolute Gasteiger partial charge is 0.353 e. The molecule has 0 aromatic heterocycles. The van der Waals surface area contributed by atoms with E-state index in [1.54, 1.807) is 0 Å². The van der Waals surface area contributed by atoms with Crippen molar-refractivity contribution < 1.29 is 0 Å². The SMILES string of the molecule is [C-]#[N+]C1C(C#N)N(C)C(C)=C(C)N1C. The Balaban J connectivity index is 3.18. The van der Waals surface area contributed by atoms with Crippen molar-refractivity contribution in [2.24, 2.45) is 0 Å². The quantitative estimate of drug-likeness (QED) is 0.539. The van der Waals surface area contributed by atoms with Gasteiger partial charge in [-0.2, -0.15) is 5.26 Å². The third-order valence-corrected chi connectivity index (χ3v) is 2.94. The van der Waals surface area contributed by atoms with Crippen molar-refractivity contribution in [1.82, 2.24) is 9.80 Å². The molecule has 0 aromatic rings. The van der Waals surface area contributed by atoms with Gasteiger partial charge in [0.15, 0.2) is 0 Å². The van der Waals surface area contributed by atoms with Crippen LogP contribution < -0.4 is 0 Å². The van der Waals surface area contributed by atoms with E-state index in [0.717, 1.165) is 11.4 Å². The van der Waals surface area contributed by atoms with Crippen molar-refractivity contribution in [2.75, 3.05) is 14.1 Å². The lowest BCUT2D eigenvalue weighted by Crippen LogP contribution is -2.50. The Morgan fingerprint density at radius 1 is 1.29 bits per heavy atom. The van der Waals surface area contributed by atoms with Crippen molar-refractivity contribution >= 4 is 0 Å². The summed E-state index contributed by atoms with van der Waals surface area (Å²) >= 11 is 0. The van der Waals surface area contributed by atoms with Crippen molar-refractivity contribution in [3.63, 3.8) is 0 Å². The molecule has 0 fully saturated rings. The lowest BCUT2D eigenvalue weighted by Gasteiger charge is -2.38. The second kappa shape index (κ2) is 3.59. The molecular weight excluding hydrogens is 176 g/mol. The van der Waals surface area contributed by atoms with E-state index < -0.39 is 6.17 Å². The Kier molecular flexibility index (Phi) is 2.67. The number of likely N-dealkylation sites (N-methyl/N-ethyl adjacent to an activating group) is 2. The van der Waals surface area contributed by atoms with Crippen LogP contribution in [0.5, 0.6) is 0 Å². The van der Waals surface area contributed by atoms with Crippen molar-refractivity contribution in [1.29, 1.82) is 5.26 Å². The molecule has 0 N–H and O–H groups in total. The van der Waals surface area contributed by atoms with Gasteiger partial charge in [-0.15, -0.1) is 0 Å². The second-order valence-corrected chi connectivity index (χ2v) is 3.51. The standard InChI is InChI=1S/C10H14N4/c1-7-8(2)14(5)10(12-3)9(6-11)13(7)4/h9-10H,1-2,4-5H3. The second-order valence-electron chi connectivity index (χ2n) is 3.51. The van der Waals surface area contributed by atoms with E-state index in [9.17, 15) is 0 Å². The Labute approximate surface area is 84.8 Å². The van der Waals surface area contributed by atoms with Crippen molar-refractivity contribution in [2.45, 2.75) is 26.1 Å². The van der Waals surface area contributed by atoms with Crippen LogP contribution in [0.4, 0.5) is 0 Å². The van der Waals surface area contributed by atoms with Crippen LogP contribution in [0.3, 0.4) is 0 Å². The highest BCUT2D eigenvalue weighted by Gasteiger charge is 2.39. The van der Waals surface area contributed by atoms with E-state index in [0.29, 0.717) is 0 Å².